The van der Waals surface area contributed by atoms with Gasteiger partial charge in [-0.1, -0.05) is 17.3 Å². The van der Waals surface area contributed by atoms with Crippen LogP contribution >= 0.6 is 0 Å². The average Bonchev–Trinajstić information content (AvgIpc) is 3.32. The molecule has 2 N–H and O–H groups in total. The van der Waals surface area contributed by atoms with Crippen molar-refractivity contribution in [1.82, 2.24) is 10.5 Å². The monoisotopic (exact) mass is 351 g/mol. The lowest BCUT2D eigenvalue weighted by Crippen LogP contribution is -2.27. The molecule has 0 saturated heterocycles. The first-order valence-corrected chi connectivity index (χ1v) is 8.34. The van der Waals surface area contributed by atoms with Crippen LogP contribution in [-0.4, -0.2) is 17.0 Å². The molecule has 132 valence electrons. The third-order valence-electron chi connectivity index (χ3n) is 4.38. The van der Waals surface area contributed by atoms with Crippen LogP contribution in [-0.2, 0) is 11.2 Å². The summed E-state index contributed by atoms with van der Waals surface area (Å²) < 4.78 is 10.4. The highest BCUT2D eigenvalue weighted by atomic mass is 16.5. The largest absolute Gasteiger partial charge is 0.461 e. The van der Waals surface area contributed by atoms with E-state index in [0.29, 0.717) is 24.4 Å². The van der Waals surface area contributed by atoms with Gasteiger partial charge in [0.1, 0.15) is 0 Å². The molecule has 1 aromatic carbocycles. The molecule has 0 spiro atoms. The van der Waals surface area contributed by atoms with Gasteiger partial charge in [0.2, 0.25) is 11.7 Å². The molecule has 1 aliphatic heterocycles. The molecule has 4 rings (SSSR count). The maximum absolute atomic E-state index is 12.4. The van der Waals surface area contributed by atoms with Gasteiger partial charge in [-0.3, -0.25) is 9.59 Å². The molecule has 3 heterocycles. The van der Waals surface area contributed by atoms with Crippen molar-refractivity contribution in [1.29, 1.82) is 0 Å². The smallest absolute Gasteiger partial charge is 0.273 e. The Morgan fingerprint density at radius 2 is 2.12 bits per heavy atom. The Morgan fingerprint density at radius 1 is 1.23 bits per heavy atom. The predicted molar refractivity (Wildman–Crippen MR) is 93.5 cm³/mol. The second-order valence-electron chi connectivity index (χ2n) is 6.21. The highest BCUT2D eigenvalue weighted by molar-refractivity contribution is 5.94. The Morgan fingerprint density at radius 3 is 2.92 bits per heavy atom. The number of fused-ring (bicyclic) bond motifs is 1. The fraction of sp³-hybridized carbons (Fsp3) is 0.211. The molecule has 26 heavy (non-hydrogen) atoms. The Balaban J connectivity index is 1.47. The summed E-state index contributed by atoms with van der Waals surface area (Å²) in [5.74, 6) is 0.619. The van der Waals surface area contributed by atoms with Crippen LogP contribution < -0.4 is 10.6 Å². The van der Waals surface area contributed by atoms with Crippen molar-refractivity contribution in [3.8, 4) is 11.5 Å². The predicted octanol–water partition coefficient (Wildman–Crippen LogP) is 3.31. The highest BCUT2D eigenvalue weighted by Crippen LogP contribution is 2.26. The van der Waals surface area contributed by atoms with E-state index >= 15 is 0 Å². The number of rotatable bonds is 4. The second kappa shape index (κ2) is 6.51. The summed E-state index contributed by atoms with van der Waals surface area (Å²) in [4.78, 5) is 23.9. The van der Waals surface area contributed by atoms with Gasteiger partial charge in [0, 0.05) is 18.2 Å². The van der Waals surface area contributed by atoms with E-state index in [9.17, 15) is 9.59 Å². The molecule has 0 bridgehead atoms. The number of nitrogens with one attached hydrogen (secondary N) is 2. The molecule has 7 nitrogen and oxygen atoms in total. The standard InChI is InChI=1S/C19H17N3O4/c1-11(12-4-6-14-13(9-12)5-7-18(23)21-14)20-19(24)15-10-17(26-22-15)16-3-2-8-25-16/h2-4,6,8-11H,5,7H2,1H3,(H,20,24)(H,21,23)/t11-/m1/s1. The number of hydrogen-bond acceptors (Lipinski definition) is 5. The van der Waals surface area contributed by atoms with Gasteiger partial charge in [0.15, 0.2) is 11.5 Å². The molecule has 0 fully saturated rings. The maximum atomic E-state index is 12.4. The molecule has 3 aromatic rings. The average molecular weight is 351 g/mol. The van der Waals surface area contributed by atoms with Gasteiger partial charge in [-0.15, -0.1) is 0 Å². The van der Waals surface area contributed by atoms with Crippen LogP contribution in [0.15, 0.2) is 51.6 Å². The lowest BCUT2D eigenvalue weighted by atomic mass is 9.98. The fourth-order valence-corrected chi connectivity index (χ4v) is 2.94. The van der Waals surface area contributed by atoms with Crippen molar-refractivity contribution in [2.75, 3.05) is 5.32 Å². The van der Waals surface area contributed by atoms with E-state index in [1.165, 1.54) is 6.26 Å². The Kier molecular flexibility index (Phi) is 4.04. The van der Waals surface area contributed by atoms with E-state index < -0.39 is 0 Å². The molecule has 0 radical (unpaired) electrons. The molecular formula is C19H17N3O4. The number of aryl methyl sites for hydroxylation is 1. The number of carbonyl (C=O) groups is 2. The number of furan rings is 1. The zero-order valence-corrected chi connectivity index (χ0v) is 14.1. The summed E-state index contributed by atoms with van der Waals surface area (Å²) >= 11 is 0. The van der Waals surface area contributed by atoms with E-state index in [0.717, 1.165) is 16.8 Å². The van der Waals surface area contributed by atoms with Gasteiger partial charge in [0.25, 0.3) is 5.91 Å². The molecule has 2 aromatic heterocycles. The number of aromatic nitrogens is 1. The lowest BCUT2D eigenvalue weighted by Gasteiger charge is -2.20. The molecule has 7 heteroatoms. The van der Waals surface area contributed by atoms with Gasteiger partial charge < -0.3 is 19.6 Å². The van der Waals surface area contributed by atoms with E-state index in [1.54, 1.807) is 18.2 Å². The summed E-state index contributed by atoms with van der Waals surface area (Å²) in [6, 6.07) is 10.6. The SMILES string of the molecule is C[C@@H](NC(=O)c1cc(-c2ccco2)on1)c1ccc2c(c1)CCC(=O)N2. The van der Waals surface area contributed by atoms with E-state index in [4.69, 9.17) is 8.94 Å². The van der Waals surface area contributed by atoms with Crippen molar-refractivity contribution < 1.29 is 18.5 Å². The summed E-state index contributed by atoms with van der Waals surface area (Å²) in [5, 5.41) is 9.56. The molecule has 2 amide bonds. The first-order valence-electron chi connectivity index (χ1n) is 8.34. The van der Waals surface area contributed by atoms with E-state index in [1.807, 2.05) is 25.1 Å². The number of anilines is 1. The van der Waals surface area contributed by atoms with Crippen LogP contribution in [0.1, 0.15) is 41.0 Å². The third kappa shape index (κ3) is 3.11. The quantitative estimate of drug-likeness (QED) is 0.751. The number of nitrogens with zero attached hydrogens (tertiary/aromatic N) is 1. The first-order chi connectivity index (χ1) is 12.6. The van der Waals surface area contributed by atoms with Crippen LogP contribution in [0.25, 0.3) is 11.5 Å². The van der Waals surface area contributed by atoms with Gasteiger partial charge in [-0.25, -0.2) is 0 Å². The molecule has 0 saturated carbocycles. The zero-order valence-electron chi connectivity index (χ0n) is 14.1. The summed E-state index contributed by atoms with van der Waals surface area (Å²) in [6.45, 7) is 1.90. The van der Waals surface area contributed by atoms with Gasteiger partial charge >= 0.3 is 0 Å². The lowest BCUT2D eigenvalue weighted by molar-refractivity contribution is -0.116. The maximum Gasteiger partial charge on any atom is 0.273 e. The van der Waals surface area contributed by atoms with Gasteiger partial charge in [0.05, 0.1) is 12.3 Å². The summed E-state index contributed by atoms with van der Waals surface area (Å²) in [7, 11) is 0. The van der Waals surface area contributed by atoms with Crippen LogP contribution in [0.4, 0.5) is 5.69 Å². The van der Waals surface area contributed by atoms with Crippen molar-refractivity contribution in [2.24, 2.45) is 0 Å². The minimum Gasteiger partial charge on any atom is -0.461 e. The minimum absolute atomic E-state index is 0.0324. The van der Waals surface area contributed by atoms with E-state index in [-0.39, 0.29) is 23.6 Å². The van der Waals surface area contributed by atoms with Crippen LogP contribution in [0.3, 0.4) is 0 Å². The molecule has 1 aliphatic rings. The molecular weight excluding hydrogens is 334 g/mol. The van der Waals surface area contributed by atoms with Gasteiger partial charge in [-0.2, -0.15) is 0 Å². The van der Waals surface area contributed by atoms with Crippen LogP contribution in [0.2, 0.25) is 0 Å². The van der Waals surface area contributed by atoms with Crippen LogP contribution in [0, 0.1) is 0 Å². The molecule has 0 unspecified atom stereocenters. The Hall–Kier alpha value is -3.35. The molecule has 0 aliphatic carbocycles. The van der Waals surface area contributed by atoms with Gasteiger partial charge in [-0.05, 0) is 42.7 Å². The minimum atomic E-state index is -0.329. The summed E-state index contributed by atoms with van der Waals surface area (Å²) in [5.41, 5.74) is 3.06. The number of hydrogen-bond donors (Lipinski definition) is 2. The van der Waals surface area contributed by atoms with Crippen molar-refractivity contribution in [2.45, 2.75) is 25.8 Å². The normalized spacial score (nSPS) is 14.4. The number of carbonyl (C=O) groups excluding carboxylic acids is 2. The van der Waals surface area contributed by atoms with Crippen molar-refractivity contribution in [3.05, 3.63) is 59.5 Å². The molecule has 1 atom stereocenters. The Labute approximate surface area is 149 Å². The van der Waals surface area contributed by atoms with Crippen LogP contribution in [0.5, 0.6) is 0 Å². The van der Waals surface area contributed by atoms with E-state index in [2.05, 4.69) is 15.8 Å². The second-order valence-corrected chi connectivity index (χ2v) is 6.21. The first kappa shape index (κ1) is 16.1. The highest BCUT2D eigenvalue weighted by Gasteiger charge is 2.20. The topological polar surface area (TPSA) is 97.4 Å². The summed E-state index contributed by atoms with van der Waals surface area (Å²) in [6.07, 6.45) is 2.70. The third-order valence-corrected chi connectivity index (χ3v) is 4.38. The Bertz CT molecular complexity index is 959. The number of benzene rings is 1. The fourth-order valence-electron chi connectivity index (χ4n) is 2.94. The van der Waals surface area contributed by atoms with Crippen molar-refractivity contribution in [3.63, 3.8) is 0 Å². The zero-order chi connectivity index (χ0) is 18.1. The van der Waals surface area contributed by atoms with Crippen molar-refractivity contribution >= 4 is 17.5 Å². The number of amides is 2.